The third kappa shape index (κ3) is 2.02. The first-order valence-electron chi connectivity index (χ1n) is 9.12. The maximum atomic E-state index is 12.9. The monoisotopic (exact) mass is 405 g/mol. The summed E-state index contributed by atoms with van der Waals surface area (Å²) in [5, 5.41) is 32.0. The second kappa shape index (κ2) is 5.73. The number of phenolic OH excluding ortho intramolecular Hbond substituents is 2. The van der Waals surface area contributed by atoms with Gasteiger partial charge in [-0.3, -0.25) is 10.1 Å². The van der Waals surface area contributed by atoms with E-state index in [1.807, 2.05) is 0 Å². The van der Waals surface area contributed by atoms with Gasteiger partial charge in [0.1, 0.15) is 28.6 Å². The van der Waals surface area contributed by atoms with Crippen LogP contribution in [0.4, 0.5) is 5.69 Å². The molecule has 0 bridgehead atoms. The van der Waals surface area contributed by atoms with Gasteiger partial charge < -0.3 is 19.7 Å². The highest BCUT2D eigenvalue weighted by molar-refractivity contribution is 6.01. The molecule has 2 heterocycles. The molecular weight excluding hydrogens is 390 g/mol. The molecule has 3 aromatic rings. The number of phenols is 2. The summed E-state index contributed by atoms with van der Waals surface area (Å²) in [5.41, 5.74) is 0.00456. The molecule has 0 saturated heterocycles. The lowest BCUT2D eigenvalue weighted by atomic mass is 9.76. The number of nitro groups is 1. The highest BCUT2D eigenvalue weighted by Gasteiger charge is 2.56. The molecule has 150 valence electrons. The standard InChI is InChI=1S/C22H15NO7/c1-10-16(24)8-6-13-19(10)29-20-11(2)17(25)9-7-14(20)22(13)12-4-3-5-15(23(27)28)18(12)21(26)30-22/h3-9,24-25H,1-2H3. The summed E-state index contributed by atoms with van der Waals surface area (Å²) in [6.07, 6.45) is 0. The Kier molecular flexibility index (Phi) is 3.43. The van der Waals surface area contributed by atoms with E-state index in [0.29, 0.717) is 27.8 Å². The van der Waals surface area contributed by atoms with Crippen molar-refractivity contribution < 1.29 is 29.4 Å². The quantitative estimate of drug-likeness (QED) is 0.354. The van der Waals surface area contributed by atoms with Gasteiger partial charge in [0.2, 0.25) is 0 Å². The Hall–Kier alpha value is -4.07. The number of rotatable bonds is 1. The Morgan fingerprint density at radius 3 is 2.00 bits per heavy atom. The summed E-state index contributed by atoms with van der Waals surface area (Å²) in [5.74, 6) is -0.332. The average molecular weight is 405 g/mol. The smallest absolute Gasteiger partial charge is 0.347 e. The van der Waals surface area contributed by atoms with Crippen molar-refractivity contribution in [3.05, 3.63) is 86.0 Å². The van der Waals surface area contributed by atoms with Gasteiger partial charge in [0, 0.05) is 33.9 Å². The van der Waals surface area contributed by atoms with Gasteiger partial charge in [-0.15, -0.1) is 0 Å². The van der Waals surface area contributed by atoms with Crippen molar-refractivity contribution in [1.29, 1.82) is 0 Å². The molecule has 0 saturated carbocycles. The van der Waals surface area contributed by atoms with Crippen LogP contribution in [0.25, 0.3) is 0 Å². The third-order valence-corrected chi connectivity index (χ3v) is 5.79. The number of esters is 1. The van der Waals surface area contributed by atoms with Crippen molar-refractivity contribution in [3.8, 4) is 23.0 Å². The van der Waals surface area contributed by atoms with E-state index in [1.165, 1.54) is 24.3 Å². The number of nitro benzene ring substituents is 1. The topological polar surface area (TPSA) is 119 Å². The average Bonchev–Trinajstić information content (AvgIpc) is 3.01. The predicted molar refractivity (Wildman–Crippen MR) is 104 cm³/mol. The van der Waals surface area contributed by atoms with E-state index in [-0.39, 0.29) is 34.2 Å². The first-order chi connectivity index (χ1) is 14.3. The minimum absolute atomic E-state index is 0.0197. The molecule has 2 aliphatic heterocycles. The van der Waals surface area contributed by atoms with Crippen molar-refractivity contribution in [2.75, 3.05) is 0 Å². The Labute approximate surface area is 170 Å². The first-order valence-corrected chi connectivity index (χ1v) is 9.12. The number of hydrogen-bond acceptors (Lipinski definition) is 7. The summed E-state index contributed by atoms with van der Waals surface area (Å²) in [4.78, 5) is 23.9. The lowest BCUT2D eigenvalue weighted by molar-refractivity contribution is -0.385. The lowest BCUT2D eigenvalue weighted by Crippen LogP contribution is -2.33. The maximum absolute atomic E-state index is 12.9. The van der Waals surface area contributed by atoms with Gasteiger partial charge in [0.15, 0.2) is 5.60 Å². The SMILES string of the molecule is Cc1c(O)ccc2c1Oc1c(ccc(O)c1C)C21OC(=O)c2c([N+](=O)[O-])cccc21. The molecule has 3 aromatic carbocycles. The van der Waals surface area contributed by atoms with Gasteiger partial charge in [0.25, 0.3) is 5.69 Å². The zero-order valence-corrected chi connectivity index (χ0v) is 15.9. The summed E-state index contributed by atoms with van der Waals surface area (Å²) in [7, 11) is 0. The molecule has 8 nitrogen and oxygen atoms in total. The van der Waals surface area contributed by atoms with Gasteiger partial charge >= 0.3 is 5.97 Å². The van der Waals surface area contributed by atoms with E-state index in [4.69, 9.17) is 9.47 Å². The first kappa shape index (κ1) is 18.0. The highest BCUT2D eigenvalue weighted by atomic mass is 16.6. The predicted octanol–water partition coefficient (Wildman–Crippen LogP) is 4.19. The fraction of sp³-hybridized carbons (Fsp3) is 0.136. The molecule has 0 radical (unpaired) electrons. The Balaban J connectivity index is 1.96. The molecule has 2 aliphatic rings. The van der Waals surface area contributed by atoms with Crippen molar-refractivity contribution in [2.24, 2.45) is 0 Å². The van der Waals surface area contributed by atoms with Crippen LogP contribution in [0.15, 0.2) is 42.5 Å². The van der Waals surface area contributed by atoms with E-state index >= 15 is 0 Å². The molecule has 0 atom stereocenters. The number of aromatic hydroxyl groups is 2. The molecule has 0 fully saturated rings. The van der Waals surface area contributed by atoms with Crippen LogP contribution in [0.3, 0.4) is 0 Å². The third-order valence-electron chi connectivity index (χ3n) is 5.79. The second-order valence-corrected chi connectivity index (χ2v) is 7.30. The van der Waals surface area contributed by atoms with Crippen LogP contribution in [-0.4, -0.2) is 21.1 Å². The van der Waals surface area contributed by atoms with Crippen molar-refractivity contribution in [3.63, 3.8) is 0 Å². The summed E-state index contributed by atoms with van der Waals surface area (Å²) in [6, 6.07) is 10.4. The number of benzene rings is 3. The molecule has 0 unspecified atom stereocenters. The Morgan fingerprint density at radius 1 is 0.900 bits per heavy atom. The number of carbonyl (C=O) groups is 1. The van der Waals surface area contributed by atoms with E-state index in [9.17, 15) is 25.1 Å². The molecule has 2 N–H and O–H groups in total. The fourth-order valence-electron chi connectivity index (χ4n) is 4.27. The molecule has 1 spiro atoms. The highest BCUT2D eigenvalue weighted by Crippen LogP contribution is 2.59. The maximum Gasteiger partial charge on any atom is 0.347 e. The fourth-order valence-corrected chi connectivity index (χ4v) is 4.27. The number of carbonyl (C=O) groups excluding carboxylic acids is 1. The van der Waals surface area contributed by atoms with Gasteiger partial charge in [0.05, 0.1) is 4.92 Å². The number of nitrogens with zero attached hydrogens (tertiary/aromatic N) is 1. The zero-order chi connectivity index (χ0) is 21.4. The van der Waals surface area contributed by atoms with Gasteiger partial charge in [-0.2, -0.15) is 0 Å². The van der Waals surface area contributed by atoms with Crippen molar-refractivity contribution in [2.45, 2.75) is 19.4 Å². The van der Waals surface area contributed by atoms with E-state index in [2.05, 4.69) is 0 Å². The van der Waals surface area contributed by atoms with Crippen LogP contribution in [-0.2, 0) is 10.3 Å². The number of hydrogen-bond donors (Lipinski definition) is 2. The van der Waals surface area contributed by atoms with E-state index in [0.717, 1.165) is 0 Å². The Bertz CT molecular complexity index is 1240. The summed E-state index contributed by atoms with van der Waals surface area (Å²) in [6.45, 7) is 3.30. The van der Waals surface area contributed by atoms with Crippen LogP contribution in [0.2, 0.25) is 0 Å². The minimum Gasteiger partial charge on any atom is -0.508 e. The van der Waals surface area contributed by atoms with Gasteiger partial charge in [-0.25, -0.2) is 4.79 Å². The molecule has 0 amide bonds. The summed E-state index contributed by atoms with van der Waals surface area (Å²) >= 11 is 0. The minimum atomic E-state index is -1.52. The molecule has 0 aliphatic carbocycles. The number of fused-ring (bicyclic) bond motifs is 6. The van der Waals surface area contributed by atoms with Crippen LogP contribution in [0, 0.1) is 24.0 Å². The van der Waals surface area contributed by atoms with Crippen LogP contribution < -0.4 is 4.74 Å². The number of ether oxygens (including phenoxy) is 2. The van der Waals surface area contributed by atoms with Gasteiger partial charge in [-0.1, -0.05) is 12.1 Å². The van der Waals surface area contributed by atoms with Crippen LogP contribution >= 0.6 is 0 Å². The Morgan fingerprint density at radius 2 is 1.47 bits per heavy atom. The molecule has 0 aromatic heterocycles. The van der Waals surface area contributed by atoms with E-state index < -0.39 is 16.5 Å². The molecule has 30 heavy (non-hydrogen) atoms. The van der Waals surface area contributed by atoms with Gasteiger partial charge in [-0.05, 0) is 38.1 Å². The molecule has 5 rings (SSSR count). The van der Waals surface area contributed by atoms with E-state index in [1.54, 1.807) is 32.0 Å². The molecular formula is C22H15NO7. The normalized spacial score (nSPS) is 15.1. The van der Waals surface area contributed by atoms with Crippen LogP contribution in [0.1, 0.15) is 38.2 Å². The largest absolute Gasteiger partial charge is 0.508 e. The lowest BCUT2D eigenvalue weighted by Gasteiger charge is -2.37. The second-order valence-electron chi connectivity index (χ2n) is 7.30. The zero-order valence-electron chi connectivity index (χ0n) is 15.9. The summed E-state index contributed by atoms with van der Waals surface area (Å²) < 4.78 is 12.0. The molecule has 8 heteroatoms. The van der Waals surface area contributed by atoms with Crippen molar-refractivity contribution in [1.82, 2.24) is 0 Å². The van der Waals surface area contributed by atoms with Crippen molar-refractivity contribution >= 4 is 11.7 Å². The van der Waals surface area contributed by atoms with Crippen LogP contribution in [0.5, 0.6) is 23.0 Å².